The van der Waals surface area contributed by atoms with Gasteiger partial charge in [-0.05, 0) is 50.2 Å². The number of rotatable bonds is 5. The Labute approximate surface area is 173 Å². The van der Waals surface area contributed by atoms with E-state index in [9.17, 15) is 13.2 Å². The van der Waals surface area contributed by atoms with Crippen molar-refractivity contribution in [3.63, 3.8) is 0 Å². The van der Waals surface area contributed by atoms with E-state index in [1.54, 1.807) is 41.3 Å². The van der Waals surface area contributed by atoms with Crippen molar-refractivity contribution >= 4 is 43.2 Å². The summed E-state index contributed by atoms with van der Waals surface area (Å²) in [5, 5.41) is 0. The highest BCUT2D eigenvalue weighted by molar-refractivity contribution is 9.10. The number of carbonyl (C=O) groups excluding carboxylic acids is 1. The maximum absolute atomic E-state index is 12.8. The minimum Gasteiger partial charge on any atom is -0.490 e. The highest BCUT2D eigenvalue weighted by Gasteiger charge is 2.37. The molecule has 28 heavy (non-hydrogen) atoms. The number of nitrogens with zero attached hydrogens (tertiary/aromatic N) is 1. The number of nitrogens with one attached hydrogen (secondary N) is 1. The van der Waals surface area contributed by atoms with Crippen LogP contribution in [0.5, 0.6) is 5.75 Å². The van der Waals surface area contributed by atoms with Crippen molar-refractivity contribution < 1.29 is 17.9 Å². The van der Waals surface area contributed by atoms with E-state index in [4.69, 9.17) is 4.74 Å². The largest absolute Gasteiger partial charge is 0.490 e. The van der Waals surface area contributed by atoms with Gasteiger partial charge in [-0.3, -0.25) is 9.52 Å². The van der Waals surface area contributed by atoms with Gasteiger partial charge in [-0.25, -0.2) is 8.42 Å². The Bertz CT molecular complexity index is 1020. The maximum Gasteiger partial charge on any atom is 0.261 e. The number of hydrogen-bond acceptors (Lipinski definition) is 4. The van der Waals surface area contributed by atoms with Crippen LogP contribution in [0.25, 0.3) is 0 Å². The van der Waals surface area contributed by atoms with Gasteiger partial charge in [0.05, 0.1) is 21.7 Å². The highest BCUT2D eigenvalue weighted by Crippen LogP contribution is 2.38. The number of fused-ring (bicyclic) bond motifs is 1. The second-order valence-electron chi connectivity index (χ2n) is 7.12. The lowest BCUT2D eigenvalue weighted by Gasteiger charge is -2.27. The van der Waals surface area contributed by atoms with E-state index in [1.807, 2.05) is 13.8 Å². The molecule has 2 aromatic carbocycles. The molecule has 0 saturated heterocycles. The third-order valence-corrected chi connectivity index (χ3v) is 6.28. The van der Waals surface area contributed by atoms with Gasteiger partial charge in [-0.15, -0.1) is 6.58 Å². The Kier molecular flexibility index (Phi) is 5.54. The van der Waals surface area contributed by atoms with Gasteiger partial charge in [0.2, 0.25) is 5.91 Å². The van der Waals surface area contributed by atoms with Gasteiger partial charge >= 0.3 is 0 Å². The predicted molar refractivity (Wildman–Crippen MR) is 113 cm³/mol. The second-order valence-corrected chi connectivity index (χ2v) is 9.72. The number of halogens is 1. The molecule has 148 valence electrons. The first-order valence-corrected chi connectivity index (χ1v) is 10.9. The van der Waals surface area contributed by atoms with Crippen LogP contribution in [0.4, 0.5) is 11.4 Å². The number of hydrogen-bond donors (Lipinski definition) is 1. The van der Waals surface area contributed by atoms with Crippen LogP contribution >= 0.6 is 15.9 Å². The summed E-state index contributed by atoms with van der Waals surface area (Å²) >= 11 is 3.29. The van der Waals surface area contributed by atoms with Gasteiger partial charge in [-0.1, -0.05) is 22.0 Å². The molecule has 1 aliphatic heterocycles. The molecule has 1 aliphatic rings. The van der Waals surface area contributed by atoms with Crippen molar-refractivity contribution in [2.24, 2.45) is 5.41 Å². The van der Waals surface area contributed by atoms with Crippen LogP contribution < -0.4 is 14.4 Å². The molecule has 1 amide bonds. The monoisotopic (exact) mass is 464 g/mol. The molecule has 0 bridgehead atoms. The van der Waals surface area contributed by atoms with E-state index < -0.39 is 15.4 Å². The summed E-state index contributed by atoms with van der Waals surface area (Å²) in [7, 11) is -3.75. The van der Waals surface area contributed by atoms with Gasteiger partial charge in [0.25, 0.3) is 10.0 Å². The summed E-state index contributed by atoms with van der Waals surface area (Å²) < 4.78 is 34.4. The zero-order valence-electron chi connectivity index (χ0n) is 15.6. The molecule has 6 nitrogen and oxygen atoms in total. The van der Waals surface area contributed by atoms with Crippen LogP contribution in [0.3, 0.4) is 0 Å². The SMILES string of the molecule is C=CCN1C(=O)C(C)(C)COc2cc(NS(=O)(=O)c3ccc(Br)cc3)ccc21. The molecule has 0 atom stereocenters. The lowest BCUT2D eigenvalue weighted by molar-refractivity contribution is -0.127. The van der Waals surface area contributed by atoms with E-state index in [-0.39, 0.29) is 17.4 Å². The first-order valence-electron chi connectivity index (χ1n) is 8.62. The molecule has 1 heterocycles. The average Bonchev–Trinajstić information content (AvgIpc) is 2.72. The zero-order chi connectivity index (χ0) is 20.5. The molecule has 1 N–H and O–H groups in total. The van der Waals surface area contributed by atoms with Crippen LogP contribution in [-0.2, 0) is 14.8 Å². The Morgan fingerprint density at radius 3 is 2.57 bits per heavy atom. The first kappa shape index (κ1) is 20.4. The lowest BCUT2D eigenvalue weighted by Crippen LogP contribution is -2.42. The number of carbonyl (C=O) groups is 1. The Hall–Kier alpha value is -2.32. The molecular weight excluding hydrogens is 444 g/mol. The van der Waals surface area contributed by atoms with Gasteiger partial charge in [-0.2, -0.15) is 0 Å². The molecule has 0 unspecified atom stereocenters. The van der Waals surface area contributed by atoms with Crippen molar-refractivity contribution in [2.75, 3.05) is 22.8 Å². The third-order valence-electron chi connectivity index (χ3n) is 4.35. The second kappa shape index (κ2) is 7.60. The average molecular weight is 465 g/mol. The van der Waals surface area contributed by atoms with Crippen LogP contribution in [0.2, 0.25) is 0 Å². The number of sulfonamides is 1. The summed E-state index contributed by atoms with van der Waals surface area (Å²) in [5.74, 6) is 0.367. The fourth-order valence-corrected chi connectivity index (χ4v) is 4.16. The standard InChI is InChI=1S/C20H21BrN2O4S/c1-4-11-23-17-10-7-15(12-18(17)27-13-20(2,3)19(23)24)22-28(25,26)16-8-5-14(21)6-9-16/h4-10,12,22H,1,11,13H2,2-3H3. The maximum atomic E-state index is 12.8. The number of anilines is 2. The van der Waals surface area contributed by atoms with E-state index >= 15 is 0 Å². The van der Waals surface area contributed by atoms with Crippen LogP contribution in [-0.4, -0.2) is 27.5 Å². The molecule has 0 aromatic heterocycles. The van der Waals surface area contributed by atoms with E-state index in [0.29, 0.717) is 23.7 Å². The summed E-state index contributed by atoms with van der Waals surface area (Å²) in [6.45, 7) is 7.87. The van der Waals surface area contributed by atoms with Gasteiger partial charge in [0, 0.05) is 17.1 Å². The molecule has 3 rings (SSSR count). The van der Waals surface area contributed by atoms with Gasteiger partial charge in [0.15, 0.2) is 0 Å². The molecule has 0 radical (unpaired) electrons. The molecule has 2 aromatic rings. The number of benzene rings is 2. The quantitative estimate of drug-likeness (QED) is 0.673. The Morgan fingerprint density at radius 1 is 1.25 bits per heavy atom. The third kappa shape index (κ3) is 4.07. The van der Waals surface area contributed by atoms with E-state index in [2.05, 4.69) is 27.2 Å². The Balaban J connectivity index is 1.95. The molecule has 0 spiro atoms. The number of amides is 1. The fourth-order valence-electron chi connectivity index (χ4n) is 2.85. The Morgan fingerprint density at radius 2 is 1.93 bits per heavy atom. The molecular formula is C20H21BrN2O4S. The van der Waals surface area contributed by atoms with Crippen molar-refractivity contribution in [1.29, 1.82) is 0 Å². The van der Waals surface area contributed by atoms with Crippen molar-refractivity contribution in [2.45, 2.75) is 18.7 Å². The lowest BCUT2D eigenvalue weighted by atomic mass is 9.93. The van der Waals surface area contributed by atoms with Crippen molar-refractivity contribution in [3.8, 4) is 5.75 Å². The smallest absolute Gasteiger partial charge is 0.261 e. The summed E-state index contributed by atoms with van der Waals surface area (Å²) in [6.07, 6.45) is 1.65. The summed E-state index contributed by atoms with van der Waals surface area (Å²) in [4.78, 5) is 14.6. The van der Waals surface area contributed by atoms with Crippen LogP contribution in [0.1, 0.15) is 13.8 Å². The normalized spacial score (nSPS) is 16.0. The first-order chi connectivity index (χ1) is 13.1. The van der Waals surface area contributed by atoms with Crippen LogP contribution in [0, 0.1) is 5.41 Å². The number of ether oxygens (including phenoxy) is 1. The van der Waals surface area contributed by atoms with Gasteiger partial charge in [0.1, 0.15) is 12.4 Å². The minimum atomic E-state index is -3.75. The molecule has 0 fully saturated rings. The van der Waals surface area contributed by atoms with E-state index in [0.717, 1.165) is 4.47 Å². The summed E-state index contributed by atoms with van der Waals surface area (Å²) in [5.41, 5.74) is 0.230. The van der Waals surface area contributed by atoms with Gasteiger partial charge < -0.3 is 9.64 Å². The minimum absolute atomic E-state index is 0.0747. The highest BCUT2D eigenvalue weighted by atomic mass is 79.9. The van der Waals surface area contributed by atoms with Crippen LogP contribution in [0.15, 0.2) is 64.5 Å². The molecule has 8 heteroatoms. The summed E-state index contributed by atoms with van der Waals surface area (Å²) in [6, 6.07) is 11.2. The topological polar surface area (TPSA) is 75.7 Å². The van der Waals surface area contributed by atoms with Crippen molar-refractivity contribution in [1.82, 2.24) is 0 Å². The van der Waals surface area contributed by atoms with E-state index in [1.165, 1.54) is 12.1 Å². The predicted octanol–water partition coefficient (Wildman–Crippen LogP) is 4.19. The fraction of sp³-hybridized carbons (Fsp3) is 0.250. The zero-order valence-corrected chi connectivity index (χ0v) is 18.0. The van der Waals surface area contributed by atoms with Crippen molar-refractivity contribution in [3.05, 3.63) is 59.6 Å². The molecule has 0 saturated carbocycles. The molecule has 0 aliphatic carbocycles.